The minimum Gasteiger partial charge on any atom is -0.465 e. The van der Waals surface area contributed by atoms with Gasteiger partial charge >= 0.3 is 5.97 Å². The molecule has 1 saturated heterocycles. The van der Waals surface area contributed by atoms with Gasteiger partial charge in [0.15, 0.2) is 5.79 Å². The molecular formula is C13H23NO4S. The summed E-state index contributed by atoms with van der Waals surface area (Å²) < 4.78 is 16.5. The SMILES string of the molecule is CCOC(=O)CSC1CC2(CCC1NC)OCCO2. The van der Waals surface area contributed by atoms with E-state index in [1.54, 1.807) is 11.8 Å². The van der Waals surface area contributed by atoms with Crippen LogP contribution in [-0.2, 0) is 19.0 Å². The molecule has 0 radical (unpaired) electrons. The Morgan fingerprint density at radius 3 is 2.84 bits per heavy atom. The summed E-state index contributed by atoms with van der Waals surface area (Å²) >= 11 is 1.64. The highest BCUT2D eigenvalue weighted by atomic mass is 32.2. The van der Waals surface area contributed by atoms with E-state index in [-0.39, 0.29) is 5.97 Å². The molecule has 1 aliphatic carbocycles. The number of thioether (sulfide) groups is 1. The molecule has 0 aromatic heterocycles. The number of ether oxygens (including phenoxy) is 3. The predicted molar refractivity (Wildman–Crippen MR) is 74.2 cm³/mol. The summed E-state index contributed by atoms with van der Waals surface area (Å²) in [4.78, 5) is 11.5. The van der Waals surface area contributed by atoms with Crippen LogP contribution < -0.4 is 5.32 Å². The number of rotatable bonds is 5. The minimum absolute atomic E-state index is 0.143. The first-order valence-electron chi connectivity index (χ1n) is 6.91. The Morgan fingerprint density at radius 2 is 2.21 bits per heavy atom. The quantitative estimate of drug-likeness (QED) is 0.767. The first-order valence-corrected chi connectivity index (χ1v) is 7.96. The van der Waals surface area contributed by atoms with Crippen LogP contribution >= 0.6 is 11.8 Å². The van der Waals surface area contributed by atoms with Crippen molar-refractivity contribution in [3.8, 4) is 0 Å². The van der Waals surface area contributed by atoms with Crippen LogP contribution in [0.15, 0.2) is 0 Å². The Morgan fingerprint density at radius 1 is 1.47 bits per heavy atom. The summed E-state index contributed by atoms with van der Waals surface area (Å²) in [6.45, 7) is 3.63. The van der Waals surface area contributed by atoms with Crippen LogP contribution in [0.3, 0.4) is 0 Å². The van der Waals surface area contributed by atoms with Crippen molar-refractivity contribution in [3.63, 3.8) is 0 Å². The van der Waals surface area contributed by atoms with Crippen LogP contribution in [0.1, 0.15) is 26.2 Å². The number of esters is 1. The van der Waals surface area contributed by atoms with Gasteiger partial charge in [-0.05, 0) is 20.4 Å². The number of carbonyl (C=O) groups excluding carboxylic acids is 1. The van der Waals surface area contributed by atoms with Gasteiger partial charge in [0, 0.05) is 24.1 Å². The zero-order valence-electron chi connectivity index (χ0n) is 11.6. The van der Waals surface area contributed by atoms with Crippen molar-refractivity contribution >= 4 is 17.7 Å². The molecule has 0 aromatic carbocycles. The Bertz CT molecular complexity index is 307. The molecule has 2 fully saturated rings. The van der Waals surface area contributed by atoms with Gasteiger partial charge in [0.2, 0.25) is 0 Å². The summed E-state index contributed by atoms with van der Waals surface area (Å²) in [5, 5.41) is 3.65. The van der Waals surface area contributed by atoms with Gasteiger partial charge in [0.25, 0.3) is 0 Å². The van der Waals surface area contributed by atoms with E-state index in [2.05, 4.69) is 5.32 Å². The van der Waals surface area contributed by atoms with Crippen LogP contribution in [0.5, 0.6) is 0 Å². The predicted octanol–water partition coefficient (Wildman–Crippen LogP) is 1.17. The molecule has 0 aromatic rings. The van der Waals surface area contributed by atoms with Gasteiger partial charge in [-0.1, -0.05) is 0 Å². The van der Waals surface area contributed by atoms with Gasteiger partial charge in [-0.2, -0.15) is 0 Å². The van der Waals surface area contributed by atoms with Gasteiger partial charge in [-0.3, -0.25) is 4.79 Å². The van der Waals surface area contributed by atoms with Gasteiger partial charge in [0.05, 0.1) is 25.6 Å². The minimum atomic E-state index is -0.403. The normalized spacial score (nSPS) is 29.6. The third-order valence-electron chi connectivity index (χ3n) is 3.70. The average molecular weight is 289 g/mol. The lowest BCUT2D eigenvalue weighted by atomic mass is 9.89. The van der Waals surface area contributed by atoms with E-state index in [1.807, 2.05) is 14.0 Å². The van der Waals surface area contributed by atoms with Crippen molar-refractivity contribution < 1.29 is 19.0 Å². The van der Waals surface area contributed by atoms with E-state index < -0.39 is 5.79 Å². The molecule has 1 aliphatic heterocycles. The Balaban J connectivity index is 1.88. The topological polar surface area (TPSA) is 56.8 Å². The fraction of sp³-hybridized carbons (Fsp3) is 0.923. The van der Waals surface area contributed by atoms with Gasteiger partial charge in [0.1, 0.15) is 0 Å². The largest absolute Gasteiger partial charge is 0.465 e. The third kappa shape index (κ3) is 3.84. The molecular weight excluding hydrogens is 266 g/mol. The summed E-state index contributed by atoms with van der Waals surface area (Å²) in [5.41, 5.74) is 0. The van der Waals surface area contributed by atoms with Crippen molar-refractivity contribution in [1.82, 2.24) is 5.32 Å². The maximum absolute atomic E-state index is 11.5. The maximum Gasteiger partial charge on any atom is 0.315 e. The monoisotopic (exact) mass is 289 g/mol. The first kappa shape index (κ1) is 15.1. The number of hydrogen-bond donors (Lipinski definition) is 1. The molecule has 2 atom stereocenters. The lowest BCUT2D eigenvalue weighted by Crippen LogP contribution is -2.49. The summed E-state index contributed by atoms with van der Waals surface area (Å²) in [6.07, 6.45) is 2.77. The molecule has 0 amide bonds. The fourth-order valence-corrected chi connectivity index (χ4v) is 4.06. The van der Waals surface area contributed by atoms with Crippen LogP contribution in [-0.4, -0.2) is 55.7 Å². The second-order valence-corrected chi connectivity index (χ2v) is 6.13. The van der Waals surface area contributed by atoms with Crippen molar-refractivity contribution in [2.24, 2.45) is 0 Å². The van der Waals surface area contributed by atoms with E-state index in [9.17, 15) is 4.79 Å². The highest BCUT2D eigenvalue weighted by molar-refractivity contribution is 8.00. The zero-order valence-corrected chi connectivity index (χ0v) is 12.5. The van der Waals surface area contributed by atoms with Crippen molar-refractivity contribution in [3.05, 3.63) is 0 Å². The molecule has 2 rings (SSSR count). The van der Waals surface area contributed by atoms with E-state index in [1.165, 1.54) is 0 Å². The second kappa shape index (κ2) is 6.92. The number of nitrogens with one attached hydrogen (secondary N) is 1. The van der Waals surface area contributed by atoms with E-state index in [0.29, 0.717) is 36.9 Å². The van der Waals surface area contributed by atoms with E-state index >= 15 is 0 Å². The molecule has 19 heavy (non-hydrogen) atoms. The molecule has 1 N–H and O–H groups in total. The molecule has 110 valence electrons. The van der Waals surface area contributed by atoms with Crippen LogP contribution in [0.2, 0.25) is 0 Å². The molecule has 1 saturated carbocycles. The number of carbonyl (C=O) groups is 1. The van der Waals surface area contributed by atoms with Crippen molar-refractivity contribution in [1.29, 1.82) is 0 Å². The maximum atomic E-state index is 11.5. The number of hydrogen-bond acceptors (Lipinski definition) is 6. The summed E-state index contributed by atoms with van der Waals surface area (Å²) in [5.74, 6) is -0.151. The van der Waals surface area contributed by atoms with Crippen molar-refractivity contribution in [2.45, 2.75) is 43.3 Å². The molecule has 6 heteroatoms. The smallest absolute Gasteiger partial charge is 0.315 e. The Labute approximate surface area is 118 Å². The van der Waals surface area contributed by atoms with Gasteiger partial charge in [-0.15, -0.1) is 11.8 Å². The van der Waals surface area contributed by atoms with E-state index in [4.69, 9.17) is 14.2 Å². The summed E-state index contributed by atoms with van der Waals surface area (Å²) in [7, 11) is 1.97. The zero-order chi connectivity index (χ0) is 13.7. The molecule has 1 spiro atoms. The molecule has 1 heterocycles. The van der Waals surface area contributed by atoms with E-state index in [0.717, 1.165) is 19.3 Å². The van der Waals surface area contributed by atoms with Gasteiger partial charge < -0.3 is 19.5 Å². The summed E-state index contributed by atoms with van der Waals surface area (Å²) in [6, 6.07) is 0.401. The van der Waals surface area contributed by atoms with Crippen LogP contribution in [0.4, 0.5) is 0 Å². The molecule has 2 unspecified atom stereocenters. The average Bonchev–Trinajstić information content (AvgIpc) is 2.85. The lowest BCUT2D eigenvalue weighted by molar-refractivity contribution is -0.177. The lowest BCUT2D eigenvalue weighted by Gasteiger charge is -2.40. The van der Waals surface area contributed by atoms with Gasteiger partial charge in [-0.25, -0.2) is 0 Å². The third-order valence-corrected chi connectivity index (χ3v) is 5.03. The molecule has 2 aliphatic rings. The first-order chi connectivity index (χ1) is 9.19. The molecule has 5 nitrogen and oxygen atoms in total. The van der Waals surface area contributed by atoms with Crippen LogP contribution in [0, 0.1) is 0 Å². The Hall–Kier alpha value is -0.300. The molecule has 0 bridgehead atoms. The van der Waals surface area contributed by atoms with Crippen LogP contribution in [0.25, 0.3) is 0 Å². The Kier molecular flexibility index (Phi) is 5.50. The second-order valence-electron chi connectivity index (χ2n) is 4.90. The fourth-order valence-electron chi connectivity index (χ4n) is 2.75. The highest BCUT2D eigenvalue weighted by Gasteiger charge is 2.45. The highest BCUT2D eigenvalue weighted by Crippen LogP contribution is 2.40. The standard InChI is InChI=1S/C13H23NO4S/c1-3-16-12(15)9-19-11-8-13(17-6-7-18-13)5-4-10(11)14-2/h10-11,14H,3-9H2,1-2H3. The van der Waals surface area contributed by atoms with Crippen molar-refractivity contribution in [2.75, 3.05) is 32.6 Å².